The summed E-state index contributed by atoms with van der Waals surface area (Å²) in [7, 11) is 0. The fraction of sp³-hybridized carbons (Fsp3) is 0.150. The number of nitrogens with one attached hydrogen (secondary N) is 2. The third kappa shape index (κ3) is 4.64. The second kappa shape index (κ2) is 8.79. The SMILES string of the molecule is CCc1c(C(=O)NNC(=O)c2ccc([N+](=O)[O-])cc2)cnn1Cc1ccccc1. The zero-order chi connectivity index (χ0) is 20.8. The maximum atomic E-state index is 12.5. The number of aromatic nitrogens is 2. The first-order valence-corrected chi connectivity index (χ1v) is 8.93. The van der Waals surface area contributed by atoms with Gasteiger partial charge in [0.05, 0.1) is 28.9 Å². The molecular weight excluding hydrogens is 374 g/mol. The Hall–Kier alpha value is -4.01. The largest absolute Gasteiger partial charge is 0.273 e. The van der Waals surface area contributed by atoms with Crippen molar-refractivity contribution in [3.05, 3.63) is 93.3 Å². The third-order valence-electron chi connectivity index (χ3n) is 4.33. The number of nitrogens with zero attached hydrogens (tertiary/aromatic N) is 3. The molecule has 2 amide bonds. The maximum absolute atomic E-state index is 12.5. The fourth-order valence-corrected chi connectivity index (χ4v) is 2.85. The Balaban J connectivity index is 1.66. The summed E-state index contributed by atoms with van der Waals surface area (Å²) in [4.78, 5) is 34.8. The Kier molecular flexibility index (Phi) is 5.98. The molecule has 29 heavy (non-hydrogen) atoms. The number of hydrogen-bond acceptors (Lipinski definition) is 5. The highest BCUT2D eigenvalue weighted by molar-refractivity contribution is 5.99. The zero-order valence-corrected chi connectivity index (χ0v) is 15.7. The summed E-state index contributed by atoms with van der Waals surface area (Å²) in [6, 6.07) is 14.8. The molecule has 0 saturated heterocycles. The van der Waals surface area contributed by atoms with E-state index < -0.39 is 16.7 Å². The van der Waals surface area contributed by atoms with E-state index in [9.17, 15) is 19.7 Å². The average molecular weight is 393 g/mol. The molecule has 0 aliphatic rings. The lowest BCUT2D eigenvalue weighted by atomic mass is 10.2. The van der Waals surface area contributed by atoms with E-state index in [0.29, 0.717) is 18.5 Å². The number of non-ortho nitro benzene ring substituents is 1. The molecule has 148 valence electrons. The van der Waals surface area contributed by atoms with Crippen LogP contribution in [0.25, 0.3) is 0 Å². The van der Waals surface area contributed by atoms with Gasteiger partial charge in [0.1, 0.15) is 0 Å². The molecular formula is C20H19N5O4. The van der Waals surface area contributed by atoms with Gasteiger partial charge in [0, 0.05) is 17.7 Å². The monoisotopic (exact) mass is 393 g/mol. The lowest BCUT2D eigenvalue weighted by molar-refractivity contribution is -0.384. The Morgan fingerprint density at radius 3 is 2.31 bits per heavy atom. The van der Waals surface area contributed by atoms with Crippen LogP contribution in [0.15, 0.2) is 60.8 Å². The van der Waals surface area contributed by atoms with Crippen molar-refractivity contribution in [3.63, 3.8) is 0 Å². The van der Waals surface area contributed by atoms with Crippen molar-refractivity contribution < 1.29 is 14.5 Å². The predicted octanol–water partition coefficient (Wildman–Crippen LogP) is 2.48. The number of carbonyl (C=O) groups is 2. The van der Waals surface area contributed by atoms with Gasteiger partial charge < -0.3 is 0 Å². The van der Waals surface area contributed by atoms with Crippen molar-refractivity contribution in [1.29, 1.82) is 0 Å². The van der Waals surface area contributed by atoms with Gasteiger partial charge in [-0.2, -0.15) is 5.10 Å². The molecule has 1 aromatic heterocycles. The normalized spacial score (nSPS) is 10.4. The minimum atomic E-state index is -0.581. The summed E-state index contributed by atoms with van der Waals surface area (Å²) in [6.45, 7) is 2.46. The first kappa shape index (κ1) is 19.7. The molecule has 3 aromatic rings. The first-order valence-electron chi connectivity index (χ1n) is 8.93. The van der Waals surface area contributed by atoms with Gasteiger partial charge in [0.25, 0.3) is 17.5 Å². The second-order valence-corrected chi connectivity index (χ2v) is 6.21. The third-order valence-corrected chi connectivity index (χ3v) is 4.33. The fourth-order valence-electron chi connectivity index (χ4n) is 2.85. The highest BCUT2D eigenvalue weighted by Crippen LogP contribution is 2.13. The van der Waals surface area contributed by atoms with Gasteiger partial charge in [-0.3, -0.25) is 35.2 Å². The summed E-state index contributed by atoms with van der Waals surface area (Å²) >= 11 is 0. The number of hydrogen-bond donors (Lipinski definition) is 2. The smallest absolute Gasteiger partial charge is 0.267 e. The van der Waals surface area contributed by atoms with E-state index in [4.69, 9.17) is 0 Å². The van der Waals surface area contributed by atoms with Gasteiger partial charge >= 0.3 is 0 Å². The number of benzene rings is 2. The molecule has 3 rings (SSSR count). The van der Waals surface area contributed by atoms with Crippen LogP contribution in [0.5, 0.6) is 0 Å². The molecule has 9 heteroatoms. The quantitative estimate of drug-likeness (QED) is 0.492. The van der Waals surface area contributed by atoms with Crippen LogP contribution in [0.3, 0.4) is 0 Å². The van der Waals surface area contributed by atoms with Crippen LogP contribution < -0.4 is 10.9 Å². The minimum Gasteiger partial charge on any atom is -0.267 e. The van der Waals surface area contributed by atoms with E-state index in [-0.39, 0.29) is 11.3 Å². The highest BCUT2D eigenvalue weighted by atomic mass is 16.6. The van der Waals surface area contributed by atoms with Gasteiger partial charge in [-0.15, -0.1) is 0 Å². The van der Waals surface area contributed by atoms with Crippen molar-refractivity contribution in [3.8, 4) is 0 Å². The molecule has 0 saturated carbocycles. The molecule has 1 heterocycles. The van der Waals surface area contributed by atoms with Crippen LogP contribution >= 0.6 is 0 Å². The molecule has 0 fully saturated rings. The van der Waals surface area contributed by atoms with Crippen molar-refractivity contribution in [2.75, 3.05) is 0 Å². The van der Waals surface area contributed by atoms with Crippen LogP contribution in [0.4, 0.5) is 5.69 Å². The number of nitro benzene ring substituents is 1. The molecule has 0 aliphatic heterocycles. The van der Waals surface area contributed by atoms with E-state index >= 15 is 0 Å². The Bertz CT molecular complexity index is 1030. The molecule has 0 radical (unpaired) electrons. The van der Waals surface area contributed by atoms with Gasteiger partial charge in [0.2, 0.25) is 0 Å². The van der Waals surface area contributed by atoms with E-state index in [1.54, 1.807) is 4.68 Å². The van der Waals surface area contributed by atoms with Gasteiger partial charge in [0.15, 0.2) is 0 Å². The van der Waals surface area contributed by atoms with Gasteiger partial charge in [-0.1, -0.05) is 37.3 Å². The minimum absolute atomic E-state index is 0.121. The lowest BCUT2D eigenvalue weighted by Gasteiger charge is -2.09. The molecule has 0 spiro atoms. The van der Waals surface area contributed by atoms with Crippen molar-refractivity contribution >= 4 is 17.5 Å². The Morgan fingerprint density at radius 1 is 1.03 bits per heavy atom. The molecule has 2 N–H and O–H groups in total. The zero-order valence-electron chi connectivity index (χ0n) is 15.7. The molecule has 0 bridgehead atoms. The van der Waals surface area contributed by atoms with Crippen LogP contribution in [0, 0.1) is 10.1 Å². The summed E-state index contributed by atoms with van der Waals surface area (Å²) in [6.07, 6.45) is 2.06. The molecule has 0 aliphatic carbocycles. The van der Waals surface area contributed by atoms with Gasteiger partial charge in [-0.25, -0.2) is 0 Å². The summed E-state index contributed by atoms with van der Waals surface area (Å²) < 4.78 is 1.75. The summed E-state index contributed by atoms with van der Waals surface area (Å²) in [5, 5.41) is 15.0. The van der Waals surface area contributed by atoms with Crippen LogP contribution in [-0.2, 0) is 13.0 Å². The molecule has 2 aromatic carbocycles. The average Bonchev–Trinajstić information content (AvgIpc) is 3.15. The van der Waals surface area contributed by atoms with Crippen molar-refractivity contribution in [2.24, 2.45) is 0 Å². The summed E-state index contributed by atoms with van der Waals surface area (Å²) in [5.74, 6) is -1.07. The van der Waals surface area contributed by atoms with Crippen molar-refractivity contribution in [1.82, 2.24) is 20.6 Å². The predicted molar refractivity (Wildman–Crippen MR) is 105 cm³/mol. The molecule has 9 nitrogen and oxygen atoms in total. The Morgan fingerprint density at radius 2 is 1.69 bits per heavy atom. The van der Waals surface area contributed by atoms with Crippen LogP contribution in [-0.4, -0.2) is 26.5 Å². The van der Waals surface area contributed by atoms with E-state index in [1.807, 2.05) is 37.3 Å². The van der Waals surface area contributed by atoms with Crippen LogP contribution in [0.2, 0.25) is 0 Å². The number of nitro groups is 1. The van der Waals surface area contributed by atoms with E-state index in [2.05, 4.69) is 16.0 Å². The van der Waals surface area contributed by atoms with E-state index in [0.717, 1.165) is 11.3 Å². The number of carbonyl (C=O) groups excluding carboxylic acids is 2. The standard InChI is InChI=1S/C20H19N5O4/c1-2-18-17(12-21-24(18)13-14-6-4-3-5-7-14)20(27)23-22-19(26)15-8-10-16(11-9-15)25(28)29/h3-12H,2,13H2,1H3,(H,22,26)(H,23,27). The van der Waals surface area contributed by atoms with E-state index in [1.165, 1.54) is 30.5 Å². The summed E-state index contributed by atoms with van der Waals surface area (Å²) in [5.41, 5.74) is 6.91. The maximum Gasteiger partial charge on any atom is 0.273 e. The molecule has 0 unspecified atom stereocenters. The second-order valence-electron chi connectivity index (χ2n) is 6.21. The number of amides is 2. The topological polar surface area (TPSA) is 119 Å². The highest BCUT2D eigenvalue weighted by Gasteiger charge is 2.17. The first-order chi connectivity index (χ1) is 14.0. The van der Waals surface area contributed by atoms with Gasteiger partial charge in [-0.05, 0) is 24.1 Å². The van der Waals surface area contributed by atoms with Crippen LogP contribution in [0.1, 0.15) is 38.9 Å². The number of rotatable bonds is 6. The Labute approximate surface area is 166 Å². The molecule has 0 atom stereocenters. The van der Waals surface area contributed by atoms with Crippen molar-refractivity contribution in [2.45, 2.75) is 19.9 Å². The number of hydrazine groups is 1. The lowest BCUT2D eigenvalue weighted by Crippen LogP contribution is -2.41.